The summed E-state index contributed by atoms with van der Waals surface area (Å²) in [5, 5.41) is 4.47. The average molecular weight is 447 g/mol. The molecule has 5 rings (SSSR count). The van der Waals surface area contributed by atoms with E-state index in [-0.39, 0.29) is 11.4 Å². The van der Waals surface area contributed by atoms with E-state index in [9.17, 15) is 9.18 Å². The lowest BCUT2D eigenvalue weighted by atomic mass is 9.92. The molecule has 3 aromatic rings. The fourth-order valence-corrected chi connectivity index (χ4v) is 5.21. The molecule has 6 heteroatoms. The number of nitrogens with zero attached hydrogens (tertiary/aromatic N) is 4. The van der Waals surface area contributed by atoms with Gasteiger partial charge in [0, 0.05) is 50.1 Å². The first-order valence-corrected chi connectivity index (χ1v) is 12.0. The van der Waals surface area contributed by atoms with Gasteiger partial charge in [0.05, 0.1) is 12.2 Å². The summed E-state index contributed by atoms with van der Waals surface area (Å²) in [5.74, 6) is 0.378. The van der Waals surface area contributed by atoms with Crippen LogP contribution < -0.4 is 5.56 Å². The molecular formula is C27H31FN4O. The monoisotopic (exact) mass is 446 g/mol. The van der Waals surface area contributed by atoms with E-state index in [1.807, 2.05) is 40.6 Å². The van der Waals surface area contributed by atoms with Crippen LogP contribution >= 0.6 is 0 Å². The normalized spacial score (nSPS) is 18.4. The first-order valence-electron chi connectivity index (χ1n) is 12.0. The van der Waals surface area contributed by atoms with Gasteiger partial charge in [-0.1, -0.05) is 24.3 Å². The zero-order valence-electron chi connectivity index (χ0n) is 19.2. The van der Waals surface area contributed by atoms with E-state index >= 15 is 0 Å². The second-order valence-electron chi connectivity index (χ2n) is 9.35. The largest absolute Gasteiger partial charge is 0.310 e. The fourth-order valence-electron chi connectivity index (χ4n) is 5.21. The Kier molecular flexibility index (Phi) is 6.27. The Hall–Kier alpha value is -2.99. The van der Waals surface area contributed by atoms with Gasteiger partial charge in [0.2, 0.25) is 0 Å². The molecule has 0 amide bonds. The van der Waals surface area contributed by atoms with E-state index in [1.54, 1.807) is 6.07 Å². The lowest BCUT2D eigenvalue weighted by Crippen LogP contribution is -2.39. The molecule has 0 fully saturated rings. The van der Waals surface area contributed by atoms with Gasteiger partial charge in [-0.2, -0.15) is 5.10 Å². The van der Waals surface area contributed by atoms with Crippen molar-refractivity contribution in [3.63, 3.8) is 0 Å². The number of benzene rings is 1. The number of allylic oxidation sites excluding steroid dienone is 2. The van der Waals surface area contributed by atoms with Crippen molar-refractivity contribution in [2.45, 2.75) is 52.2 Å². The molecule has 33 heavy (non-hydrogen) atoms. The molecular weight excluding hydrogens is 415 g/mol. The SMILES string of the molecule is Cc1ccn(CCn2c3c(cc(-c4cccc(F)c4)c2=O)CN(CC2CC=CCC2)CC3)n1. The molecule has 2 aliphatic rings. The van der Waals surface area contributed by atoms with E-state index in [0.717, 1.165) is 43.9 Å². The second-order valence-corrected chi connectivity index (χ2v) is 9.35. The molecule has 0 saturated carbocycles. The summed E-state index contributed by atoms with van der Waals surface area (Å²) in [4.78, 5) is 16.1. The standard InChI is InChI=1S/C27H31FN4O/c1-20-10-13-31(29-20)14-15-32-26-11-12-30(18-21-6-3-2-4-7-21)19-23(26)17-25(27(32)33)22-8-5-9-24(28)16-22/h2-3,5,8-10,13,16-17,21H,4,6-7,11-12,14-15,18-19H2,1H3. The summed E-state index contributed by atoms with van der Waals surface area (Å²) < 4.78 is 17.8. The summed E-state index contributed by atoms with van der Waals surface area (Å²) >= 11 is 0. The highest BCUT2D eigenvalue weighted by atomic mass is 19.1. The molecule has 0 bridgehead atoms. The van der Waals surface area contributed by atoms with Gasteiger partial charge in [-0.3, -0.25) is 14.4 Å². The highest BCUT2D eigenvalue weighted by Crippen LogP contribution is 2.27. The maximum atomic E-state index is 14.0. The Morgan fingerprint density at radius 1 is 1.15 bits per heavy atom. The van der Waals surface area contributed by atoms with Crippen LogP contribution in [0.2, 0.25) is 0 Å². The van der Waals surface area contributed by atoms with Crippen molar-refractivity contribution in [2.24, 2.45) is 5.92 Å². The third kappa shape index (κ3) is 4.86. The van der Waals surface area contributed by atoms with Crippen molar-refractivity contribution in [3.8, 4) is 11.1 Å². The van der Waals surface area contributed by atoms with Crippen molar-refractivity contribution in [1.82, 2.24) is 19.2 Å². The van der Waals surface area contributed by atoms with Crippen LogP contribution in [-0.4, -0.2) is 32.3 Å². The Balaban J connectivity index is 1.48. The topological polar surface area (TPSA) is 43.1 Å². The Morgan fingerprint density at radius 2 is 2.06 bits per heavy atom. The van der Waals surface area contributed by atoms with Gasteiger partial charge in [-0.25, -0.2) is 4.39 Å². The van der Waals surface area contributed by atoms with Crippen LogP contribution in [0.4, 0.5) is 4.39 Å². The molecule has 0 saturated heterocycles. The van der Waals surface area contributed by atoms with Crippen molar-refractivity contribution >= 4 is 0 Å². The molecule has 2 aromatic heterocycles. The van der Waals surface area contributed by atoms with E-state index in [0.29, 0.717) is 30.1 Å². The molecule has 1 aliphatic heterocycles. The first kappa shape index (κ1) is 21.8. The van der Waals surface area contributed by atoms with Gasteiger partial charge in [-0.05, 0) is 67.5 Å². The van der Waals surface area contributed by atoms with Gasteiger partial charge in [0.15, 0.2) is 0 Å². The van der Waals surface area contributed by atoms with Crippen LogP contribution in [0.5, 0.6) is 0 Å². The van der Waals surface area contributed by atoms with E-state index < -0.39 is 0 Å². The summed E-state index contributed by atoms with van der Waals surface area (Å²) in [6.45, 7) is 6.03. The number of hydrogen-bond acceptors (Lipinski definition) is 3. The number of pyridine rings is 1. The summed E-state index contributed by atoms with van der Waals surface area (Å²) in [7, 11) is 0. The van der Waals surface area contributed by atoms with Gasteiger partial charge in [0.1, 0.15) is 5.82 Å². The number of hydrogen-bond donors (Lipinski definition) is 0. The number of aryl methyl sites for hydroxylation is 2. The molecule has 3 heterocycles. The van der Waals surface area contributed by atoms with Gasteiger partial charge < -0.3 is 4.57 Å². The van der Waals surface area contributed by atoms with Crippen LogP contribution in [0.1, 0.15) is 36.2 Å². The highest BCUT2D eigenvalue weighted by Gasteiger charge is 2.24. The van der Waals surface area contributed by atoms with E-state index in [4.69, 9.17) is 0 Å². The van der Waals surface area contributed by atoms with Crippen LogP contribution in [0.3, 0.4) is 0 Å². The van der Waals surface area contributed by atoms with Crippen molar-refractivity contribution < 1.29 is 4.39 Å². The summed E-state index contributed by atoms with van der Waals surface area (Å²) in [6, 6.07) is 10.3. The maximum Gasteiger partial charge on any atom is 0.258 e. The van der Waals surface area contributed by atoms with Gasteiger partial charge in [-0.15, -0.1) is 0 Å². The number of fused-ring (bicyclic) bond motifs is 1. The minimum absolute atomic E-state index is 0.0471. The lowest BCUT2D eigenvalue weighted by molar-refractivity contribution is 0.202. The zero-order valence-corrected chi connectivity index (χ0v) is 19.2. The molecule has 1 atom stereocenters. The number of halogens is 1. The lowest BCUT2D eigenvalue weighted by Gasteiger charge is -2.34. The molecule has 1 aliphatic carbocycles. The predicted octanol–water partition coefficient (Wildman–Crippen LogP) is 4.57. The fraction of sp³-hybridized carbons (Fsp3) is 0.407. The van der Waals surface area contributed by atoms with E-state index in [1.165, 1.54) is 30.5 Å². The number of rotatable bonds is 6. The van der Waals surface area contributed by atoms with Gasteiger partial charge >= 0.3 is 0 Å². The molecule has 1 aromatic carbocycles. The summed E-state index contributed by atoms with van der Waals surface area (Å²) in [5.41, 5.74) is 4.43. The molecule has 0 N–H and O–H groups in total. The van der Waals surface area contributed by atoms with Crippen molar-refractivity contribution in [3.05, 3.63) is 87.9 Å². The molecule has 5 nitrogen and oxygen atoms in total. The molecule has 1 unspecified atom stereocenters. The van der Waals surface area contributed by atoms with Crippen LogP contribution in [-0.2, 0) is 26.1 Å². The quantitative estimate of drug-likeness (QED) is 0.521. The highest BCUT2D eigenvalue weighted by molar-refractivity contribution is 5.64. The van der Waals surface area contributed by atoms with Crippen molar-refractivity contribution in [1.29, 1.82) is 0 Å². The Morgan fingerprint density at radius 3 is 2.82 bits per heavy atom. The zero-order chi connectivity index (χ0) is 22.8. The minimum Gasteiger partial charge on any atom is -0.310 e. The van der Waals surface area contributed by atoms with Crippen LogP contribution in [0, 0.1) is 18.7 Å². The first-order chi connectivity index (χ1) is 16.1. The maximum absolute atomic E-state index is 14.0. The van der Waals surface area contributed by atoms with Crippen molar-refractivity contribution in [2.75, 3.05) is 13.1 Å². The molecule has 172 valence electrons. The van der Waals surface area contributed by atoms with Crippen LogP contribution in [0.25, 0.3) is 11.1 Å². The van der Waals surface area contributed by atoms with Gasteiger partial charge in [0.25, 0.3) is 5.56 Å². The third-order valence-corrected chi connectivity index (χ3v) is 6.91. The Labute approximate surface area is 194 Å². The second kappa shape index (κ2) is 9.48. The smallest absolute Gasteiger partial charge is 0.258 e. The van der Waals surface area contributed by atoms with E-state index in [2.05, 4.69) is 22.2 Å². The Bertz CT molecular complexity index is 1230. The minimum atomic E-state index is -0.324. The van der Waals surface area contributed by atoms with Crippen LogP contribution in [0.15, 0.2) is 59.5 Å². The third-order valence-electron chi connectivity index (χ3n) is 6.91. The predicted molar refractivity (Wildman–Crippen MR) is 129 cm³/mol. The summed E-state index contributed by atoms with van der Waals surface area (Å²) in [6.07, 6.45) is 11.0. The molecule has 0 radical (unpaired) electrons. The molecule has 0 spiro atoms. The number of aromatic nitrogens is 3. The average Bonchev–Trinajstić information content (AvgIpc) is 3.24.